The molecule has 2 aliphatic rings. The van der Waals surface area contributed by atoms with Crippen LogP contribution in [0.5, 0.6) is 0 Å². The molecule has 0 saturated heterocycles. The number of fused-ring (bicyclic) bond motifs is 1. The predicted octanol–water partition coefficient (Wildman–Crippen LogP) is 4.99. The molecule has 0 saturated carbocycles. The van der Waals surface area contributed by atoms with Gasteiger partial charge in [0.25, 0.3) is 0 Å². The molecular weight excluding hydrogens is 502 g/mol. The topological polar surface area (TPSA) is 54.0 Å². The number of aliphatic hydroxyl groups is 1. The number of benzene rings is 1. The number of aryl methyl sites for hydroxylation is 2. The second-order valence-electron chi connectivity index (χ2n) is 7.75. The van der Waals surface area contributed by atoms with Crippen molar-refractivity contribution in [1.82, 2.24) is 0 Å². The van der Waals surface area contributed by atoms with Crippen LogP contribution in [0.25, 0.3) is 0 Å². The van der Waals surface area contributed by atoms with E-state index >= 15 is 0 Å². The molecule has 2 N–H and O–H groups in total. The third-order valence-corrected chi connectivity index (χ3v) is 4.82. The van der Waals surface area contributed by atoms with Crippen LogP contribution in [0, 0.1) is 11.5 Å². The molecule has 1 aliphatic heterocycles. The van der Waals surface area contributed by atoms with E-state index in [4.69, 9.17) is 14.9 Å². The number of carbonyl (C=O) groups excluding carboxylic acids is 1. The Kier molecular flexibility index (Phi) is 8.92. The minimum Gasteiger partial charge on any atom is -0.512 e. The molecule has 26 heavy (non-hydrogen) atoms. The Morgan fingerprint density at radius 3 is 2.38 bits per heavy atom. The normalized spacial score (nSPS) is 18.5. The summed E-state index contributed by atoms with van der Waals surface area (Å²) in [5.74, 6) is 0.250. The summed E-state index contributed by atoms with van der Waals surface area (Å²) in [7, 11) is 0. The van der Waals surface area contributed by atoms with Gasteiger partial charge in [0.2, 0.25) is 0 Å². The number of hydrogen-bond acceptors (Lipinski definition) is 2. The zero-order valence-corrected chi connectivity index (χ0v) is 18.8. The van der Waals surface area contributed by atoms with Crippen molar-refractivity contribution in [2.45, 2.75) is 66.2 Å². The summed E-state index contributed by atoms with van der Waals surface area (Å²) in [6, 6.07) is 8.07. The van der Waals surface area contributed by atoms with E-state index < -0.39 is 0 Å². The summed E-state index contributed by atoms with van der Waals surface area (Å²) in [4.78, 5) is 13.2. The van der Waals surface area contributed by atoms with Gasteiger partial charge < -0.3 is 10.1 Å². The summed E-state index contributed by atoms with van der Waals surface area (Å²) in [5.41, 5.74) is 5.80. The van der Waals surface area contributed by atoms with Gasteiger partial charge in [0, 0.05) is 26.7 Å². The second-order valence-corrected chi connectivity index (χ2v) is 7.75. The van der Waals surface area contributed by atoms with Crippen molar-refractivity contribution >= 4 is 11.5 Å². The molecule has 0 aromatic heterocycles. The largest absolute Gasteiger partial charge is 0.512 e. The van der Waals surface area contributed by atoms with E-state index in [1.807, 2.05) is 0 Å². The molecule has 1 aromatic rings. The van der Waals surface area contributed by atoms with Gasteiger partial charge in [-0.3, -0.25) is 4.79 Å². The van der Waals surface area contributed by atoms with Crippen LogP contribution in [0.1, 0.15) is 70.1 Å². The quantitative estimate of drug-likeness (QED) is 0.248. The Morgan fingerprint density at radius 2 is 1.85 bits per heavy atom. The van der Waals surface area contributed by atoms with Crippen molar-refractivity contribution < 1.29 is 30.0 Å². The molecule has 1 aromatic carbocycles. The molecule has 3 nitrogen and oxygen atoms in total. The van der Waals surface area contributed by atoms with Crippen molar-refractivity contribution in [2.75, 3.05) is 6.54 Å². The Hall–Kier alpha value is -1.25. The van der Waals surface area contributed by atoms with Crippen LogP contribution < -0.4 is 0 Å². The summed E-state index contributed by atoms with van der Waals surface area (Å²) < 4.78 is 0. The van der Waals surface area contributed by atoms with Crippen molar-refractivity contribution in [3.63, 3.8) is 0 Å². The van der Waals surface area contributed by atoms with E-state index in [1.165, 1.54) is 75.3 Å². The van der Waals surface area contributed by atoms with E-state index in [-0.39, 0.29) is 37.1 Å². The van der Waals surface area contributed by atoms with Crippen molar-refractivity contribution in [2.24, 2.45) is 10.4 Å². The van der Waals surface area contributed by atoms with Crippen LogP contribution in [0.2, 0.25) is 0 Å². The fourth-order valence-corrected chi connectivity index (χ4v) is 3.60. The van der Waals surface area contributed by atoms with Crippen LogP contribution in [0.15, 0.2) is 29.0 Å². The first-order valence-electron chi connectivity index (χ1n) is 9.28. The molecule has 1 radical (unpaired) electrons. The first kappa shape index (κ1) is 22.8. The molecule has 1 aliphatic carbocycles. The molecule has 0 spiro atoms. The van der Waals surface area contributed by atoms with Gasteiger partial charge in [-0.15, -0.1) is 34.9 Å². The fraction of sp³-hybridized carbons (Fsp3) is 0.545. The third-order valence-electron chi connectivity index (χ3n) is 4.82. The molecule has 4 heteroatoms. The maximum atomic E-state index is 8.40. The van der Waals surface area contributed by atoms with Crippen LogP contribution in [0.4, 0.5) is 0 Å². The third kappa shape index (κ3) is 6.48. The molecule has 1 heterocycles. The van der Waals surface area contributed by atoms with Crippen LogP contribution >= 0.6 is 0 Å². The maximum Gasteiger partial charge on any atom is 0.316 e. The van der Waals surface area contributed by atoms with Gasteiger partial charge in [-0.2, -0.15) is 0 Å². The van der Waals surface area contributed by atoms with E-state index in [1.54, 1.807) is 5.56 Å². The van der Waals surface area contributed by atoms with Crippen molar-refractivity contribution in [1.29, 1.82) is 0 Å². The molecular formula is C22H31IrNO2. The number of allylic oxidation sites excluding steroid dienone is 2. The zero-order valence-electron chi connectivity index (χ0n) is 16.4. The summed E-state index contributed by atoms with van der Waals surface area (Å²) >= 11 is 0. The molecule has 145 valence electrons. The average Bonchev–Trinajstić information content (AvgIpc) is 2.53. The summed E-state index contributed by atoms with van der Waals surface area (Å²) in [6.45, 7) is 8.62. The predicted molar refractivity (Wildman–Crippen MR) is 105 cm³/mol. The monoisotopic (exact) mass is 534 g/mol. The average molecular weight is 534 g/mol. The number of aliphatic hydroxyl groups excluding tert-OH is 1. The summed E-state index contributed by atoms with van der Waals surface area (Å²) in [6.07, 6.45) is 8.91. The Bertz CT molecular complexity index is 685. The number of ketones is 1. The molecule has 0 atom stereocenters. The smallest absolute Gasteiger partial charge is 0.316 e. The zero-order chi connectivity index (χ0) is 18.4. The van der Waals surface area contributed by atoms with Crippen LogP contribution in [0.3, 0.4) is 0 Å². The van der Waals surface area contributed by atoms with Gasteiger partial charge in [-0.25, -0.2) is 0 Å². The van der Waals surface area contributed by atoms with Crippen molar-refractivity contribution in [3.05, 3.63) is 46.7 Å². The molecule has 0 bridgehead atoms. The van der Waals surface area contributed by atoms with Gasteiger partial charge in [0.15, 0.2) is 0 Å². The van der Waals surface area contributed by atoms with Gasteiger partial charge in [-0.1, -0.05) is 33.1 Å². The molecule has 3 rings (SSSR count). The van der Waals surface area contributed by atoms with Crippen molar-refractivity contribution in [3.8, 4) is 0 Å². The van der Waals surface area contributed by atoms with Gasteiger partial charge in [0.1, 0.15) is 0 Å². The first-order valence-corrected chi connectivity index (χ1v) is 9.28. The minimum absolute atomic E-state index is 0. The first-order chi connectivity index (χ1) is 11.8. The van der Waals surface area contributed by atoms with Gasteiger partial charge >= 0.3 is 5.78 Å². The molecule has 0 unspecified atom stereocenters. The van der Waals surface area contributed by atoms with E-state index in [0.29, 0.717) is 0 Å². The Morgan fingerprint density at radius 1 is 1.19 bits per heavy atom. The minimum atomic E-state index is 0. The Labute approximate surface area is 171 Å². The van der Waals surface area contributed by atoms with Gasteiger partial charge in [0.05, 0.1) is 18.8 Å². The second kappa shape index (κ2) is 10.2. The number of rotatable bonds is 2. The van der Waals surface area contributed by atoms with Gasteiger partial charge in [-0.05, 0) is 37.3 Å². The number of nitrogens with zero attached hydrogens (tertiary/aromatic N) is 1. The Balaban J connectivity index is 0.000000366. The number of hydrogen-bond donors (Lipinski definition) is 1. The molecule has 0 fully saturated rings. The SMILES string of the molecule is CC(=[OH+])/C=C(/C)O.CC1(C)CCCN=C1c1[c-]cc2c(c1)CCCC2.[Ir]. The molecule has 0 amide bonds. The summed E-state index contributed by atoms with van der Waals surface area (Å²) in [5, 5.41) is 8.40. The van der Waals surface area contributed by atoms with E-state index in [9.17, 15) is 0 Å². The van der Waals surface area contributed by atoms with E-state index in [0.717, 1.165) is 6.54 Å². The standard InChI is InChI=1S/C17H22N.C5H8O2.Ir/c1-17(2)10-5-11-18-16(17)15-9-8-13-6-3-4-7-14(13)12-15;1-4(6)3-5(2)7;/h8,12H,3-7,10-11H2,1-2H3;3,6H,1-2H3;/q-1;;/p+1/b;4-3-;. The fourth-order valence-electron chi connectivity index (χ4n) is 3.60. The van der Waals surface area contributed by atoms with Crippen LogP contribution in [-0.4, -0.2) is 27.9 Å². The van der Waals surface area contributed by atoms with Crippen LogP contribution in [-0.2, 0) is 32.9 Å². The van der Waals surface area contributed by atoms with E-state index in [2.05, 4.69) is 32.0 Å². The number of aliphatic imine (C=N–C) groups is 1. The maximum absolute atomic E-state index is 8.40.